The molecule has 2 fully saturated rings. The molecule has 0 saturated heterocycles. The molecule has 0 unspecified atom stereocenters. The predicted octanol–water partition coefficient (Wildman–Crippen LogP) is 3.46. The number of pyridine rings is 1. The Morgan fingerprint density at radius 1 is 1.37 bits per heavy atom. The second kappa shape index (κ2) is 6.18. The van der Waals surface area contributed by atoms with Gasteiger partial charge in [0.1, 0.15) is 0 Å². The summed E-state index contributed by atoms with van der Waals surface area (Å²) in [4.78, 5) is 20.6. The molecule has 4 aliphatic carbocycles. The standard InChI is InChI=1S/C20H22N4O3/c1-26-19(25)16-4-5-20(7-14(16)8-20)11-22-15-6-13(9-21-10-15)18-23-17(24-27-18)12-2-3-12/h6,9-10,12,22H,2-5,7-8,11H2,1H3. The SMILES string of the molecule is COC(=O)C1=C2CC(CNc3cncc(-c4nc(C5CC5)no4)c3)(CC1)C2. The maximum Gasteiger partial charge on any atom is 0.333 e. The van der Waals surface area contributed by atoms with Gasteiger partial charge >= 0.3 is 5.97 Å². The third kappa shape index (κ3) is 3.01. The van der Waals surface area contributed by atoms with Crippen molar-refractivity contribution in [2.75, 3.05) is 19.0 Å². The van der Waals surface area contributed by atoms with E-state index in [0.717, 1.165) is 67.7 Å². The molecule has 0 amide bonds. The van der Waals surface area contributed by atoms with Crippen LogP contribution in [-0.4, -0.2) is 34.7 Å². The average Bonchev–Trinajstić information content (AvgIpc) is 3.42. The molecular formula is C20H22N4O3. The van der Waals surface area contributed by atoms with Crippen molar-refractivity contribution in [1.29, 1.82) is 0 Å². The first-order chi connectivity index (χ1) is 13.2. The summed E-state index contributed by atoms with van der Waals surface area (Å²) in [6, 6.07) is 2.01. The minimum atomic E-state index is -0.159. The van der Waals surface area contributed by atoms with Gasteiger partial charge in [0, 0.05) is 30.4 Å². The van der Waals surface area contributed by atoms with Crippen molar-refractivity contribution in [3.63, 3.8) is 0 Å². The Balaban J connectivity index is 1.25. The monoisotopic (exact) mass is 366 g/mol. The van der Waals surface area contributed by atoms with E-state index in [1.807, 2.05) is 12.3 Å². The highest BCUT2D eigenvalue weighted by Crippen LogP contribution is 2.55. The molecule has 0 spiro atoms. The zero-order chi connectivity index (χ0) is 18.4. The first kappa shape index (κ1) is 16.5. The maximum absolute atomic E-state index is 11.8. The molecule has 2 heterocycles. The van der Waals surface area contributed by atoms with Crippen molar-refractivity contribution >= 4 is 11.7 Å². The van der Waals surface area contributed by atoms with Gasteiger partial charge < -0.3 is 14.6 Å². The third-order valence-electron chi connectivity index (χ3n) is 5.98. The number of hydrogen-bond acceptors (Lipinski definition) is 7. The first-order valence-electron chi connectivity index (χ1n) is 9.48. The Kier molecular flexibility index (Phi) is 3.77. The molecule has 4 aliphatic rings. The number of methoxy groups -OCH3 is 1. The van der Waals surface area contributed by atoms with Crippen molar-refractivity contribution in [2.45, 2.75) is 44.4 Å². The van der Waals surface area contributed by atoms with Crippen LogP contribution in [0.2, 0.25) is 0 Å². The fourth-order valence-corrected chi connectivity index (χ4v) is 4.20. The Hall–Kier alpha value is -2.70. The molecule has 7 heteroatoms. The topological polar surface area (TPSA) is 90.1 Å². The largest absolute Gasteiger partial charge is 0.466 e. The molecule has 7 nitrogen and oxygen atoms in total. The number of rotatable bonds is 6. The van der Waals surface area contributed by atoms with Gasteiger partial charge in [0.2, 0.25) is 0 Å². The number of carbonyl (C=O) groups is 1. The van der Waals surface area contributed by atoms with Crippen LogP contribution in [0.1, 0.15) is 50.3 Å². The summed E-state index contributed by atoms with van der Waals surface area (Å²) in [5, 5.41) is 7.58. The van der Waals surface area contributed by atoms with E-state index in [0.29, 0.717) is 11.8 Å². The van der Waals surface area contributed by atoms with E-state index in [1.165, 1.54) is 12.7 Å². The van der Waals surface area contributed by atoms with Crippen molar-refractivity contribution in [2.24, 2.45) is 5.41 Å². The van der Waals surface area contributed by atoms with Gasteiger partial charge in [-0.25, -0.2) is 4.79 Å². The Morgan fingerprint density at radius 3 is 2.93 bits per heavy atom. The van der Waals surface area contributed by atoms with E-state index in [1.54, 1.807) is 6.20 Å². The normalized spacial score (nSPS) is 20.2. The molecule has 6 rings (SSSR count). The zero-order valence-electron chi connectivity index (χ0n) is 15.3. The van der Waals surface area contributed by atoms with Crippen molar-refractivity contribution in [1.82, 2.24) is 15.1 Å². The lowest BCUT2D eigenvalue weighted by molar-refractivity contribution is -0.136. The fraction of sp³-hybridized carbons (Fsp3) is 0.500. The van der Waals surface area contributed by atoms with E-state index in [2.05, 4.69) is 20.4 Å². The lowest BCUT2D eigenvalue weighted by Crippen LogP contribution is -2.42. The molecule has 0 aliphatic heterocycles. The van der Waals surface area contributed by atoms with E-state index < -0.39 is 0 Å². The Bertz CT molecular complexity index is 921. The van der Waals surface area contributed by atoms with Gasteiger partial charge in [-0.05, 0) is 50.0 Å². The smallest absolute Gasteiger partial charge is 0.333 e. The van der Waals surface area contributed by atoms with E-state index >= 15 is 0 Å². The lowest BCUT2D eigenvalue weighted by Gasteiger charge is -2.49. The lowest BCUT2D eigenvalue weighted by atomic mass is 9.57. The van der Waals surface area contributed by atoms with Gasteiger partial charge in [-0.2, -0.15) is 4.98 Å². The van der Waals surface area contributed by atoms with Crippen molar-refractivity contribution < 1.29 is 14.1 Å². The second-order valence-corrected chi connectivity index (χ2v) is 7.98. The number of nitrogens with zero attached hydrogens (tertiary/aromatic N) is 3. The summed E-state index contributed by atoms with van der Waals surface area (Å²) in [6.45, 7) is 0.868. The number of allylic oxidation sites excluding steroid dienone is 1. The van der Waals surface area contributed by atoms with Crippen LogP contribution < -0.4 is 5.32 Å². The summed E-state index contributed by atoms with van der Waals surface area (Å²) in [5.41, 5.74) is 4.19. The first-order valence-corrected chi connectivity index (χ1v) is 9.48. The van der Waals surface area contributed by atoms with Gasteiger partial charge in [0.25, 0.3) is 5.89 Å². The van der Waals surface area contributed by atoms with Crippen LogP contribution in [0.3, 0.4) is 0 Å². The number of anilines is 1. The molecule has 1 N–H and O–H groups in total. The number of hydrogen-bond donors (Lipinski definition) is 1. The molecule has 2 aromatic rings. The van der Waals surface area contributed by atoms with Gasteiger partial charge in [-0.1, -0.05) is 10.7 Å². The molecule has 0 aromatic carbocycles. The minimum Gasteiger partial charge on any atom is -0.466 e. The van der Waals surface area contributed by atoms with Crippen LogP contribution in [0.15, 0.2) is 34.1 Å². The van der Waals surface area contributed by atoms with Gasteiger partial charge in [-0.15, -0.1) is 0 Å². The van der Waals surface area contributed by atoms with E-state index in [-0.39, 0.29) is 11.4 Å². The summed E-state index contributed by atoms with van der Waals surface area (Å²) < 4.78 is 10.3. The van der Waals surface area contributed by atoms with Crippen LogP contribution in [0, 0.1) is 5.41 Å². The number of ether oxygens (including phenoxy) is 1. The Morgan fingerprint density at radius 2 is 2.22 bits per heavy atom. The van der Waals surface area contributed by atoms with Crippen LogP contribution in [0.4, 0.5) is 5.69 Å². The number of esters is 1. The second-order valence-electron chi connectivity index (χ2n) is 7.98. The van der Waals surface area contributed by atoms with E-state index in [9.17, 15) is 4.79 Å². The highest BCUT2D eigenvalue weighted by molar-refractivity contribution is 5.90. The summed E-state index contributed by atoms with van der Waals surface area (Å²) >= 11 is 0. The third-order valence-corrected chi connectivity index (χ3v) is 5.98. The fourth-order valence-electron chi connectivity index (χ4n) is 4.20. The number of aromatic nitrogens is 3. The average molecular weight is 366 g/mol. The molecule has 27 heavy (non-hydrogen) atoms. The van der Waals surface area contributed by atoms with Crippen LogP contribution >= 0.6 is 0 Å². The molecule has 2 aromatic heterocycles. The molecule has 2 saturated carbocycles. The molecular weight excluding hydrogens is 344 g/mol. The summed E-state index contributed by atoms with van der Waals surface area (Å²) in [6.07, 6.45) is 9.64. The van der Waals surface area contributed by atoms with E-state index in [4.69, 9.17) is 9.26 Å². The predicted molar refractivity (Wildman–Crippen MR) is 97.9 cm³/mol. The van der Waals surface area contributed by atoms with Crippen LogP contribution in [-0.2, 0) is 9.53 Å². The highest BCUT2D eigenvalue weighted by Gasteiger charge is 2.46. The van der Waals surface area contributed by atoms with Crippen LogP contribution in [0.5, 0.6) is 0 Å². The number of carbonyl (C=O) groups excluding carboxylic acids is 1. The van der Waals surface area contributed by atoms with Gasteiger partial charge in [0.15, 0.2) is 5.82 Å². The molecule has 2 bridgehead atoms. The molecule has 0 atom stereocenters. The van der Waals surface area contributed by atoms with Gasteiger partial charge in [0.05, 0.1) is 18.4 Å². The maximum atomic E-state index is 11.8. The molecule has 140 valence electrons. The van der Waals surface area contributed by atoms with Crippen molar-refractivity contribution in [3.8, 4) is 11.5 Å². The summed E-state index contributed by atoms with van der Waals surface area (Å²) in [7, 11) is 1.45. The number of nitrogens with one attached hydrogen (secondary N) is 1. The van der Waals surface area contributed by atoms with Crippen molar-refractivity contribution in [3.05, 3.63) is 35.4 Å². The quantitative estimate of drug-likeness (QED) is 0.783. The Labute approximate surface area is 157 Å². The number of fused-ring (bicyclic) bond motifs is 2. The molecule has 0 radical (unpaired) electrons. The summed E-state index contributed by atoms with van der Waals surface area (Å²) in [5.74, 6) is 1.64. The minimum absolute atomic E-state index is 0.159. The zero-order valence-corrected chi connectivity index (χ0v) is 15.3. The highest BCUT2D eigenvalue weighted by atomic mass is 16.5. The van der Waals surface area contributed by atoms with Crippen LogP contribution in [0.25, 0.3) is 11.5 Å². The van der Waals surface area contributed by atoms with Gasteiger partial charge in [-0.3, -0.25) is 4.98 Å².